The zero-order valence-electron chi connectivity index (χ0n) is 39.1. The lowest BCUT2D eigenvalue weighted by atomic mass is 9.93. The van der Waals surface area contributed by atoms with Gasteiger partial charge in [-0.1, -0.05) is 23.7 Å². The summed E-state index contributed by atoms with van der Waals surface area (Å²) in [6, 6.07) is 0.757. The van der Waals surface area contributed by atoms with Crippen LogP contribution in [0.2, 0.25) is 5.02 Å². The molecule has 1 unspecified atom stereocenters. The number of sulfonamides is 1. The Morgan fingerprint density at radius 2 is 1.55 bits per heavy atom. The summed E-state index contributed by atoms with van der Waals surface area (Å²) < 4.78 is 198. The van der Waals surface area contributed by atoms with E-state index in [9.17, 15) is 76.6 Å². The van der Waals surface area contributed by atoms with E-state index in [0.717, 1.165) is 37.4 Å². The lowest BCUT2D eigenvalue weighted by Crippen LogP contribution is -2.53. The largest absolute Gasteiger partial charge is 0.480 e. The van der Waals surface area contributed by atoms with Crippen molar-refractivity contribution in [2.24, 2.45) is 5.92 Å². The van der Waals surface area contributed by atoms with Gasteiger partial charge >= 0.3 is 24.4 Å². The van der Waals surface area contributed by atoms with Crippen molar-refractivity contribution < 1.29 is 85.3 Å². The fraction of sp³-hybridized carbons (Fsp3) is 0.455. The number of pyridine rings is 1. The fourth-order valence-electron chi connectivity index (χ4n) is 8.80. The Balaban J connectivity index is 1.47. The summed E-state index contributed by atoms with van der Waals surface area (Å²) in [5.41, 5.74) is -5.76. The van der Waals surface area contributed by atoms with E-state index in [4.69, 9.17) is 11.6 Å². The highest BCUT2D eigenvalue weighted by molar-refractivity contribution is 7.93. The maximum Gasteiger partial charge on any atom is 0.435 e. The van der Waals surface area contributed by atoms with Crippen LogP contribution in [0, 0.1) is 17.6 Å². The second-order valence-corrected chi connectivity index (χ2v) is 23.5. The third kappa shape index (κ3) is 11.1. The van der Waals surface area contributed by atoms with E-state index in [1.165, 1.54) is 26.0 Å². The Morgan fingerprint density at radius 1 is 0.932 bits per heavy atom. The topological polar surface area (TPSA) is 236 Å². The zero-order valence-corrected chi connectivity index (χ0v) is 41.5. The number of nitrogens with one attached hydrogen (secondary N) is 2. The van der Waals surface area contributed by atoms with Gasteiger partial charge in [0.25, 0.3) is 5.92 Å². The van der Waals surface area contributed by atoms with E-state index in [1.807, 2.05) is 0 Å². The molecule has 4 N–H and O–H groups in total. The molecule has 0 spiro atoms. The first-order valence-corrected chi connectivity index (χ1v) is 26.0. The normalized spacial score (nSPS) is 17.9. The molecule has 2 aliphatic rings. The number of hydrogen-bond acceptors (Lipinski definition) is 11. The van der Waals surface area contributed by atoms with E-state index in [0.29, 0.717) is 12.3 Å². The number of urea groups is 1. The predicted molar refractivity (Wildman–Crippen MR) is 243 cm³/mol. The Hall–Kier alpha value is -6.07. The van der Waals surface area contributed by atoms with Gasteiger partial charge < -0.3 is 20.8 Å². The van der Waals surface area contributed by atoms with Crippen molar-refractivity contribution in [1.29, 1.82) is 0 Å². The molecular formula is C44H43ClF10N8O9S2. The van der Waals surface area contributed by atoms with E-state index in [2.05, 4.69) is 20.5 Å². The molecule has 0 saturated heterocycles. The number of rotatable bonds is 17. The highest BCUT2D eigenvalue weighted by Gasteiger charge is 2.68. The third-order valence-corrected chi connectivity index (χ3v) is 16.2. The number of carbonyl (C=O) groups is 3. The molecule has 0 bridgehead atoms. The summed E-state index contributed by atoms with van der Waals surface area (Å²) in [6.45, 7) is 0.300. The molecule has 7 rings (SSSR count). The number of anilines is 1. The van der Waals surface area contributed by atoms with Crippen LogP contribution in [-0.4, -0.2) is 105 Å². The summed E-state index contributed by atoms with van der Waals surface area (Å²) in [7, 11) is -8.81. The van der Waals surface area contributed by atoms with E-state index >= 15 is 8.78 Å². The molecule has 2 aliphatic carbocycles. The first kappa shape index (κ1) is 55.7. The Kier molecular flexibility index (Phi) is 14.5. The lowest BCUT2D eigenvalue weighted by molar-refractivity contribution is -0.143. The van der Waals surface area contributed by atoms with Gasteiger partial charge in [-0.2, -0.15) is 49.6 Å². The molecule has 3 amide bonds. The maximum atomic E-state index is 15.6. The molecule has 3 aromatic heterocycles. The van der Waals surface area contributed by atoms with Crippen LogP contribution in [0.15, 0.2) is 42.5 Å². The minimum atomic E-state index is -5.24. The van der Waals surface area contributed by atoms with Gasteiger partial charge in [-0.25, -0.2) is 35.2 Å². The van der Waals surface area contributed by atoms with E-state index < -0.39 is 172 Å². The summed E-state index contributed by atoms with van der Waals surface area (Å²) in [6.07, 6.45) is -12.3. The number of aryl methyl sites for hydroxylation is 1. The third-order valence-electron chi connectivity index (χ3n) is 12.7. The molecule has 74 heavy (non-hydrogen) atoms. The molecule has 1 fully saturated rings. The summed E-state index contributed by atoms with van der Waals surface area (Å²) in [4.78, 5) is 44.5. The Bertz CT molecular complexity index is 3310. The number of benzene rings is 2. The number of sulfone groups is 1. The SMILES string of the molecule is C[C@@H](O)[C@H](NC(=O)N(c1nn(CC(F)(F)F)c2c(-c3ccc(CCC(C)(C)S(C)(=O)=O)nc3[C@H](Cc3cc(F)cc(F)c3)NC(=O)Cn3nc(C(F)(F)F)c4c3C(F)(F)C3C[C@H]43)ccc(Cl)c12)S(C)(=O)=O)C(=O)O. The number of carboxylic acid groups (broad SMARTS) is 1. The van der Waals surface area contributed by atoms with Gasteiger partial charge in [-0.15, -0.1) is 0 Å². The Labute approximate surface area is 418 Å². The first-order valence-electron chi connectivity index (χ1n) is 21.9. The number of amides is 3. The van der Waals surface area contributed by atoms with Crippen molar-refractivity contribution in [3.05, 3.63) is 93.0 Å². The van der Waals surface area contributed by atoms with Crippen molar-refractivity contribution in [2.45, 2.75) is 107 Å². The summed E-state index contributed by atoms with van der Waals surface area (Å²) >= 11 is 6.60. The minimum absolute atomic E-state index is 0.00411. The molecule has 5 aromatic rings. The second kappa shape index (κ2) is 19.3. The molecule has 0 aliphatic heterocycles. The van der Waals surface area contributed by atoms with E-state index in [-0.39, 0.29) is 49.8 Å². The lowest BCUT2D eigenvalue weighted by Gasteiger charge is -2.25. The zero-order chi connectivity index (χ0) is 55.2. The van der Waals surface area contributed by atoms with Crippen LogP contribution in [0.4, 0.5) is 54.5 Å². The monoisotopic (exact) mass is 1120 g/mol. The van der Waals surface area contributed by atoms with Gasteiger partial charge in [0, 0.05) is 40.6 Å². The highest BCUT2D eigenvalue weighted by atomic mass is 35.5. The maximum absolute atomic E-state index is 15.6. The van der Waals surface area contributed by atoms with Gasteiger partial charge in [-0.3, -0.25) is 19.1 Å². The standard InChI is InChI=1S/C44H43ClF10N8O9S2/c1-19(64)33(39(66)67)58-40(68)63(74(5,71)72)38-32-28(45)9-8-25(35(32)62(60-38)18-42(48,49)50)24-7-6-23(10-11-41(2,3)73(4,69)70)56-34(24)29(14-20-12-21(46)15-22(47)13-20)57-30(65)17-61-37-31(36(59-61)44(53,54)55)26-16-27(26)43(37,51)52/h6-9,12-13,15,19,26-27,29,33,64H,10-11,14,16-18H2,1-5H3,(H,57,65)(H,58,68)(H,66,67)/t19-,26+,27?,29+,33+/m1/s1. The summed E-state index contributed by atoms with van der Waals surface area (Å²) in [5, 5.41) is 29.8. The average Bonchev–Trinajstić information content (AvgIpc) is 3.76. The van der Waals surface area contributed by atoms with Crippen LogP contribution in [0.25, 0.3) is 22.0 Å². The number of nitrogens with zero attached hydrogens (tertiary/aromatic N) is 6. The average molecular weight is 1120 g/mol. The number of fused-ring (bicyclic) bond motifs is 4. The van der Waals surface area contributed by atoms with Gasteiger partial charge in [0.2, 0.25) is 15.9 Å². The predicted octanol–water partition coefficient (Wildman–Crippen LogP) is 7.18. The van der Waals surface area contributed by atoms with Gasteiger partial charge in [-0.05, 0) is 82.2 Å². The minimum Gasteiger partial charge on any atom is -0.480 e. The number of halogens is 11. The van der Waals surface area contributed by atoms with Crippen molar-refractivity contribution in [3.63, 3.8) is 0 Å². The number of aromatic nitrogens is 5. The first-order chi connectivity index (χ1) is 33.9. The molecule has 402 valence electrons. The highest BCUT2D eigenvalue weighted by Crippen LogP contribution is 2.68. The van der Waals surface area contributed by atoms with Gasteiger partial charge in [0.15, 0.2) is 27.4 Å². The molecule has 17 nitrogen and oxygen atoms in total. The molecule has 1 saturated carbocycles. The number of carboxylic acids is 1. The number of aliphatic hydroxyl groups excluding tert-OH is 1. The quantitative estimate of drug-likeness (QED) is 0.0678. The van der Waals surface area contributed by atoms with Crippen LogP contribution < -0.4 is 14.9 Å². The van der Waals surface area contributed by atoms with Crippen LogP contribution in [-0.2, 0) is 67.5 Å². The molecule has 3 heterocycles. The number of carbonyl (C=O) groups excluding carboxylic acids is 2. The van der Waals surface area contributed by atoms with Crippen molar-refractivity contribution >= 4 is 66.1 Å². The van der Waals surface area contributed by atoms with Crippen LogP contribution >= 0.6 is 11.6 Å². The van der Waals surface area contributed by atoms with Gasteiger partial charge in [0.05, 0.1) is 44.8 Å². The number of aliphatic carboxylic acids is 1. The number of hydrogen-bond donors (Lipinski definition) is 4. The van der Waals surface area contributed by atoms with Crippen LogP contribution in [0.1, 0.15) is 79.5 Å². The molecule has 0 radical (unpaired) electrons. The van der Waals surface area contributed by atoms with Crippen LogP contribution in [0.3, 0.4) is 0 Å². The fourth-order valence-corrected chi connectivity index (χ4v) is 10.3. The second-order valence-electron chi connectivity index (χ2n) is 18.7. The molecular weight excluding hydrogens is 1070 g/mol. The van der Waals surface area contributed by atoms with Gasteiger partial charge in [0.1, 0.15) is 30.4 Å². The number of aliphatic hydroxyl groups is 1. The smallest absolute Gasteiger partial charge is 0.435 e. The van der Waals surface area contributed by atoms with Crippen LogP contribution in [0.5, 0.6) is 0 Å². The molecule has 5 atom stereocenters. The number of alkyl halides is 8. The summed E-state index contributed by atoms with van der Waals surface area (Å²) in [5.74, 6) is -13.3. The molecule has 2 aromatic carbocycles. The van der Waals surface area contributed by atoms with E-state index in [1.54, 1.807) is 5.32 Å². The Morgan fingerprint density at radius 3 is 2.11 bits per heavy atom. The van der Waals surface area contributed by atoms with Crippen molar-refractivity contribution in [2.75, 3.05) is 16.8 Å². The van der Waals surface area contributed by atoms with Crippen molar-refractivity contribution in [3.8, 4) is 11.1 Å². The molecule has 30 heteroatoms. The van der Waals surface area contributed by atoms with Crippen molar-refractivity contribution in [1.82, 2.24) is 35.2 Å².